The van der Waals surface area contributed by atoms with E-state index in [0.29, 0.717) is 12.0 Å². The van der Waals surface area contributed by atoms with Crippen LogP contribution in [0, 0.1) is 5.92 Å². The van der Waals surface area contributed by atoms with Gasteiger partial charge in [0, 0.05) is 12.1 Å². The molecule has 1 aliphatic heterocycles. The predicted octanol–water partition coefficient (Wildman–Crippen LogP) is 2.54. The molecular formula is C18H30N2O3. The molecule has 2 aliphatic carbocycles. The second-order valence-electron chi connectivity index (χ2n) is 7.63. The van der Waals surface area contributed by atoms with Crippen molar-refractivity contribution in [1.29, 1.82) is 0 Å². The van der Waals surface area contributed by atoms with Crippen LogP contribution in [0.25, 0.3) is 0 Å². The molecule has 0 aromatic carbocycles. The molecule has 1 saturated heterocycles. The number of hydrogen-bond acceptors (Lipinski definition) is 3. The number of nitrogens with one attached hydrogen (secondary N) is 1. The lowest BCUT2D eigenvalue weighted by Gasteiger charge is -2.32. The van der Waals surface area contributed by atoms with Crippen molar-refractivity contribution in [2.45, 2.75) is 88.8 Å². The summed E-state index contributed by atoms with van der Waals surface area (Å²) in [5, 5.41) is 12.7. The minimum Gasteiger partial charge on any atom is -0.480 e. The van der Waals surface area contributed by atoms with Crippen LogP contribution in [0.5, 0.6) is 0 Å². The van der Waals surface area contributed by atoms with Gasteiger partial charge in [-0.3, -0.25) is 14.5 Å². The fourth-order valence-electron chi connectivity index (χ4n) is 4.89. The first-order valence-electron chi connectivity index (χ1n) is 9.43. The van der Waals surface area contributed by atoms with E-state index in [9.17, 15) is 14.7 Å². The van der Waals surface area contributed by atoms with Gasteiger partial charge >= 0.3 is 5.97 Å². The molecule has 0 spiro atoms. The van der Waals surface area contributed by atoms with Crippen molar-refractivity contribution < 1.29 is 14.7 Å². The molecule has 0 bridgehead atoms. The van der Waals surface area contributed by atoms with Gasteiger partial charge < -0.3 is 10.4 Å². The van der Waals surface area contributed by atoms with Gasteiger partial charge in [0.2, 0.25) is 5.91 Å². The lowest BCUT2D eigenvalue weighted by molar-refractivity contribution is -0.143. The van der Waals surface area contributed by atoms with E-state index in [4.69, 9.17) is 0 Å². The number of amides is 1. The highest BCUT2D eigenvalue weighted by molar-refractivity contribution is 5.80. The van der Waals surface area contributed by atoms with Gasteiger partial charge in [-0.1, -0.05) is 38.5 Å². The SMILES string of the molecule is O=C(CN1[C@@H]2CCCC[C@@H]2C[C@H]1C(=O)O)NC1CCCCCC1. The number of nitrogens with zero attached hydrogens (tertiary/aromatic N) is 1. The average molecular weight is 322 g/mol. The van der Waals surface area contributed by atoms with Gasteiger partial charge in [0.15, 0.2) is 0 Å². The van der Waals surface area contributed by atoms with Gasteiger partial charge in [-0.05, 0) is 38.0 Å². The van der Waals surface area contributed by atoms with E-state index in [-0.39, 0.29) is 18.5 Å². The minimum atomic E-state index is -0.762. The Bertz CT molecular complexity index is 432. The maximum Gasteiger partial charge on any atom is 0.320 e. The minimum absolute atomic E-state index is 0.0226. The van der Waals surface area contributed by atoms with Gasteiger partial charge in [0.1, 0.15) is 6.04 Å². The first-order valence-corrected chi connectivity index (χ1v) is 9.43. The lowest BCUT2D eigenvalue weighted by atomic mass is 9.85. The average Bonchev–Trinajstić information content (AvgIpc) is 2.70. The molecule has 3 atom stereocenters. The summed E-state index contributed by atoms with van der Waals surface area (Å²) in [7, 11) is 0. The molecule has 2 saturated carbocycles. The number of hydrogen-bond donors (Lipinski definition) is 2. The Morgan fingerprint density at radius 3 is 2.30 bits per heavy atom. The van der Waals surface area contributed by atoms with Crippen LogP contribution in [-0.4, -0.2) is 46.6 Å². The van der Waals surface area contributed by atoms with E-state index in [1.54, 1.807) is 0 Å². The molecule has 3 aliphatic rings. The molecule has 130 valence electrons. The predicted molar refractivity (Wildman–Crippen MR) is 88.1 cm³/mol. The zero-order valence-corrected chi connectivity index (χ0v) is 14.0. The van der Waals surface area contributed by atoms with Gasteiger partial charge in [-0.15, -0.1) is 0 Å². The Morgan fingerprint density at radius 1 is 0.957 bits per heavy atom. The maximum absolute atomic E-state index is 12.5. The van der Waals surface area contributed by atoms with Crippen LogP contribution in [0.15, 0.2) is 0 Å². The highest BCUT2D eigenvalue weighted by Crippen LogP contribution is 2.39. The second-order valence-corrected chi connectivity index (χ2v) is 7.63. The van der Waals surface area contributed by atoms with E-state index >= 15 is 0 Å². The van der Waals surface area contributed by atoms with Crippen molar-refractivity contribution in [3.05, 3.63) is 0 Å². The summed E-state index contributed by atoms with van der Waals surface area (Å²) in [5.41, 5.74) is 0. The molecule has 3 rings (SSSR count). The summed E-state index contributed by atoms with van der Waals surface area (Å²) >= 11 is 0. The van der Waals surface area contributed by atoms with Gasteiger partial charge in [0.05, 0.1) is 6.54 Å². The third-order valence-electron chi connectivity index (χ3n) is 6.05. The molecule has 2 N–H and O–H groups in total. The summed E-state index contributed by atoms with van der Waals surface area (Å²) < 4.78 is 0. The molecule has 0 aromatic rings. The monoisotopic (exact) mass is 322 g/mol. The number of carbonyl (C=O) groups is 2. The Morgan fingerprint density at radius 2 is 1.61 bits per heavy atom. The molecular weight excluding hydrogens is 292 g/mol. The van der Waals surface area contributed by atoms with Crippen LogP contribution in [0.2, 0.25) is 0 Å². The quantitative estimate of drug-likeness (QED) is 0.781. The van der Waals surface area contributed by atoms with Crippen molar-refractivity contribution in [3.63, 3.8) is 0 Å². The van der Waals surface area contributed by atoms with Crippen LogP contribution in [0.3, 0.4) is 0 Å². The maximum atomic E-state index is 12.5. The summed E-state index contributed by atoms with van der Waals surface area (Å²) in [5.74, 6) is -0.272. The third kappa shape index (κ3) is 4.06. The van der Waals surface area contributed by atoms with E-state index in [1.165, 1.54) is 32.1 Å². The molecule has 5 heteroatoms. The highest BCUT2D eigenvalue weighted by atomic mass is 16.4. The summed E-state index contributed by atoms with van der Waals surface area (Å²) in [4.78, 5) is 26.1. The molecule has 0 radical (unpaired) electrons. The summed E-state index contributed by atoms with van der Waals surface area (Å²) in [6.07, 6.45) is 12.3. The van der Waals surface area contributed by atoms with E-state index in [2.05, 4.69) is 5.32 Å². The molecule has 3 fully saturated rings. The normalized spacial score (nSPS) is 33.0. The van der Waals surface area contributed by atoms with Crippen LogP contribution in [-0.2, 0) is 9.59 Å². The number of aliphatic carboxylic acids is 1. The molecule has 0 unspecified atom stereocenters. The standard InChI is InChI=1S/C18H30N2O3/c21-17(19-14-8-3-1-2-4-9-14)12-20-15-10-6-5-7-13(15)11-16(20)18(22)23/h13-16H,1-12H2,(H,19,21)(H,22,23)/t13-,15-,16+/m1/s1. The Hall–Kier alpha value is -1.10. The molecule has 5 nitrogen and oxygen atoms in total. The Labute approximate surface area is 138 Å². The van der Waals surface area contributed by atoms with E-state index in [0.717, 1.165) is 38.5 Å². The zero-order chi connectivity index (χ0) is 16.2. The number of carboxylic acids is 1. The Balaban J connectivity index is 1.59. The van der Waals surface area contributed by atoms with E-state index < -0.39 is 12.0 Å². The van der Waals surface area contributed by atoms with Crippen LogP contribution >= 0.6 is 0 Å². The van der Waals surface area contributed by atoms with Crippen molar-refractivity contribution in [2.75, 3.05) is 6.54 Å². The van der Waals surface area contributed by atoms with Crippen LogP contribution in [0.4, 0.5) is 0 Å². The fraction of sp³-hybridized carbons (Fsp3) is 0.889. The molecule has 1 heterocycles. The van der Waals surface area contributed by atoms with Crippen LogP contribution in [0.1, 0.15) is 70.6 Å². The number of rotatable bonds is 4. The first-order chi connectivity index (χ1) is 11.1. The largest absolute Gasteiger partial charge is 0.480 e. The van der Waals surface area contributed by atoms with E-state index in [1.807, 2.05) is 4.90 Å². The topological polar surface area (TPSA) is 69.6 Å². The third-order valence-corrected chi connectivity index (χ3v) is 6.05. The smallest absolute Gasteiger partial charge is 0.320 e. The van der Waals surface area contributed by atoms with Crippen molar-refractivity contribution >= 4 is 11.9 Å². The van der Waals surface area contributed by atoms with Crippen LogP contribution < -0.4 is 5.32 Å². The van der Waals surface area contributed by atoms with Crippen molar-refractivity contribution in [2.24, 2.45) is 5.92 Å². The Kier molecular flexibility index (Phi) is 5.57. The summed E-state index contributed by atoms with van der Waals surface area (Å²) in [6.45, 7) is 0.259. The number of carbonyl (C=O) groups excluding carboxylic acids is 1. The van der Waals surface area contributed by atoms with Gasteiger partial charge in [0.25, 0.3) is 0 Å². The zero-order valence-electron chi connectivity index (χ0n) is 14.0. The number of likely N-dealkylation sites (tertiary alicyclic amines) is 1. The molecule has 23 heavy (non-hydrogen) atoms. The summed E-state index contributed by atoms with van der Waals surface area (Å²) in [6, 6.07) is 0.116. The highest BCUT2D eigenvalue weighted by Gasteiger charge is 2.45. The van der Waals surface area contributed by atoms with Crippen molar-refractivity contribution in [3.8, 4) is 0 Å². The fourth-order valence-corrected chi connectivity index (χ4v) is 4.89. The number of carboxylic acid groups (broad SMARTS) is 1. The van der Waals surface area contributed by atoms with Gasteiger partial charge in [-0.2, -0.15) is 0 Å². The number of fused-ring (bicyclic) bond motifs is 1. The molecule has 0 aromatic heterocycles. The lowest BCUT2D eigenvalue weighted by Crippen LogP contribution is -2.49. The molecule has 1 amide bonds. The second kappa shape index (κ2) is 7.65. The van der Waals surface area contributed by atoms with Crippen molar-refractivity contribution in [1.82, 2.24) is 10.2 Å². The first kappa shape index (κ1) is 16.7. The van der Waals surface area contributed by atoms with Gasteiger partial charge in [-0.25, -0.2) is 0 Å².